The molecule has 2 aromatic rings. The molecule has 2 heterocycles. The van der Waals surface area contributed by atoms with Gasteiger partial charge in [-0.1, -0.05) is 0 Å². The van der Waals surface area contributed by atoms with Gasteiger partial charge < -0.3 is 12.6 Å². The van der Waals surface area contributed by atoms with Crippen molar-refractivity contribution >= 4 is 18.4 Å². The number of aromatic nitrogens is 4. The fourth-order valence-corrected chi connectivity index (χ4v) is 1.21. The Morgan fingerprint density at radius 2 is 2.17 bits per heavy atom. The van der Waals surface area contributed by atoms with E-state index in [4.69, 9.17) is 12.6 Å². The molecule has 0 saturated heterocycles. The molecule has 4 nitrogen and oxygen atoms in total. The Labute approximate surface area is 97.1 Å². The summed E-state index contributed by atoms with van der Waals surface area (Å²) in [6.45, 7) is 1.94. The summed E-state index contributed by atoms with van der Waals surface area (Å²) in [5.74, 6) is 0.565. The predicted molar refractivity (Wildman–Crippen MR) is 41.2 cm³/mol. The zero-order chi connectivity index (χ0) is 7.84. The fraction of sp³-hybridized carbons (Fsp3) is 0.167. The molecular weight excluding hydrogens is 183 g/mol. The molecule has 0 radical (unpaired) electrons. The van der Waals surface area contributed by atoms with Crippen LogP contribution in [0.15, 0.2) is 17.4 Å². The minimum Gasteiger partial charge on any atom is -0.740 e. The minimum atomic E-state index is 0. The third-order valence-corrected chi connectivity index (χ3v) is 1.74. The van der Waals surface area contributed by atoms with Crippen LogP contribution in [0.25, 0.3) is 5.78 Å². The number of hydrogen-bond donors (Lipinski definition) is 0. The van der Waals surface area contributed by atoms with E-state index in [-0.39, 0.29) is 29.6 Å². The van der Waals surface area contributed by atoms with Gasteiger partial charge in [0.2, 0.25) is 0 Å². The largest absolute Gasteiger partial charge is 1.00 e. The van der Waals surface area contributed by atoms with Gasteiger partial charge in [0.1, 0.15) is 0 Å². The van der Waals surface area contributed by atoms with E-state index in [0.717, 1.165) is 5.69 Å². The van der Waals surface area contributed by atoms with Crippen molar-refractivity contribution in [2.45, 2.75) is 12.1 Å². The zero-order valence-corrected chi connectivity index (χ0v) is 9.67. The second-order valence-electron chi connectivity index (χ2n) is 2.20. The normalized spacial score (nSPS) is 9.75. The molecule has 0 aliphatic rings. The van der Waals surface area contributed by atoms with Crippen molar-refractivity contribution in [3.63, 3.8) is 0 Å². The van der Waals surface area contributed by atoms with Gasteiger partial charge in [-0.05, 0) is 13.0 Å². The SMILES string of the molecule is Cc1ccnc2nnc([S-])n12.[Na+]. The van der Waals surface area contributed by atoms with Gasteiger partial charge in [-0.3, -0.25) is 4.40 Å². The Balaban J connectivity index is 0.000000720. The van der Waals surface area contributed by atoms with Gasteiger partial charge >= 0.3 is 29.6 Å². The Morgan fingerprint density at radius 1 is 1.42 bits per heavy atom. The summed E-state index contributed by atoms with van der Waals surface area (Å²) in [6.07, 6.45) is 1.69. The molecule has 0 unspecified atom stereocenters. The molecule has 0 N–H and O–H groups in total. The monoisotopic (exact) mass is 188 g/mol. The molecule has 2 rings (SSSR count). The van der Waals surface area contributed by atoms with Gasteiger partial charge in [-0.25, -0.2) is 4.98 Å². The minimum absolute atomic E-state index is 0. The van der Waals surface area contributed by atoms with Crippen molar-refractivity contribution in [1.29, 1.82) is 0 Å². The fourth-order valence-electron chi connectivity index (χ4n) is 0.941. The van der Waals surface area contributed by atoms with Gasteiger partial charge in [0.15, 0.2) is 0 Å². The van der Waals surface area contributed by atoms with E-state index in [0.29, 0.717) is 10.9 Å². The zero-order valence-electron chi connectivity index (χ0n) is 6.85. The summed E-state index contributed by atoms with van der Waals surface area (Å²) in [5.41, 5.74) is 1.00. The van der Waals surface area contributed by atoms with E-state index in [9.17, 15) is 0 Å². The van der Waals surface area contributed by atoms with Crippen molar-refractivity contribution < 1.29 is 29.6 Å². The van der Waals surface area contributed by atoms with Gasteiger partial charge in [-0.2, -0.15) is 5.10 Å². The summed E-state index contributed by atoms with van der Waals surface area (Å²) in [4.78, 5) is 3.99. The first kappa shape index (κ1) is 9.85. The van der Waals surface area contributed by atoms with Crippen molar-refractivity contribution in [2.24, 2.45) is 0 Å². The van der Waals surface area contributed by atoms with Crippen LogP contribution < -0.4 is 29.6 Å². The van der Waals surface area contributed by atoms with Crippen molar-refractivity contribution in [3.05, 3.63) is 18.0 Å². The molecule has 6 heteroatoms. The molecule has 0 saturated carbocycles. The van der Waals surface area contributed by atoms with Crippen LogP contribution in [0, 0.1) is 6.92 Å². The van der Waals surface area contributed by atoms with E-state index in [1.54, 1.807) is 10.6 Å². The summed E-state index contributed by atoms with van der Waals surface area (Å²) >= 11 is 4.92. The van der Waals surface area contributed by atoms with Crippen LogP contribution in [0.3, 0.4) is 0 Å². The summed E-state index contributed by atoms with van der Waals surface area (Å²) < 4.78 is 1.73. The second-order valence-corrected chi connectivity index (χ2v) is 2.57. The van der Waals surface area contributed by atoms with E-state index in [2.05, 4.69) is 15.2 Å². The van der Waals surface area contributed by atoms with E-state index < -0.39 is 0 Å². The first-order chi connectivity index (χ1) is 5.29. The van der Waals surface area contributed by atoms with Crippen LogP contribution in [0.4, 0.5) is 0 Å². The van der Waals surface area contributed by atoms with Gasteiger partial charge in [0, 0.05) is 17.0 Å². The topological polar surface area (TPSA) is 43.1 Å². The molecule has 56 valence electrons. The van der Waals surface area contributed by atoms with Crippen molar-refractivity contribution in [3.8, 4) is 0 Å². The molecule has 0 aromatic carbocycles. The molecular formula is C6H5N4NaS. The first-order valence-electron chi connectivity index (χ1n) is 3.13. The Bertz CT molecular complexity index is 399. The average Bonchev–Trinajstić information content (AvgIpc) is 2.34. The van der Waals surface area contributed by atoms with Crippen LogP contribution in [0.5, 0.6) is 0 Å². The van der Waals surface area contributed by atoms with Gasteiger partial charge in [-0.15, -0.1) is 5.10 Å². The number of hydrogen-bond acceptors (Lipinski definition) is 4. The van der Waals surface area contributed by atoms with Crippen LogP contribution in [-0.4, -0.2) is 19.6 Å². The number of rotatable bonds is 0. The Kier molecular flexibility index (Phi) is 3.00. The van der Waals surface area contributed by atoms with E-state index >= 15 is 0 Å². The quantitative estimate of drug-likeness (QED) is 0.334. The second kappa shape index (κ2) is 3.66. The third kappa shape index (κ3) is 1.45. The average molecular weight is 188 g/mol. The predicted octanol–water partition coefficient (Wildman–Crippen LogP) is -2.66. The maximum absolute atomic E-state index is 4.92. The molecule has 12 heavy (non-hydrogen) atoms. The molecule has 2 aromatic heterocycles. The molecule has 0 aliphatic heterocycles. The van der Waals surface area contributed by atoms with Crippen molar-refractivity contribution in [2.75, 3.05) is 0 Å². The molecule has 0 atom stereocenters. The van der Waals surface area contributed by atoms with E-state index in [1.807, 2.05) is 13.0 Å². The van der Waals surface area contributed by atoms with Crippen LogP contribution in [0.1, 0.15) is 5.69 Å². The van der Waals surface area contributed by atoms with Crippen molar-refractivity contribution in [1.82, 2.24) is 19.6 Å². The maximum Gasteiger partial charge on any atom is 1.00 e. The summed E-state index contributed by atoms with van der Waals surface area (Å²) in [6, 6.07) is 1.87. The number of nitrogens with zero attached hydrogens (tertiary/aromatic N) is 4. The smallest absolute Gasteiger partial charge is 0.740 e. The molecule has 0 amide bonds. The molecule has 0 fully saturated rings. The Morgan fingerprint density at radius 3 is 2.83 bits per heavy atom. The Hall–Kier alpha value is -0.230. The van der Waals surface area contributed by atoms with E-state index in [1.165, 1.54) is 0 Å². The van der Waals surface area contributed by atoms with Crippen LogP contribution in [-0.2, 0) is 12.6 Å². The number of aryl methyl sites for hydroxylation is 1. The maximum atomic E-state index is 4.92. The third-order valence-electron chi connectivity index (χ3n) is 1.47. The van der Waals surface area contributed by atoms with Crippen LogP contribution >= 0.6 is 0 Å². The molecule has 0 aliphatic carbocycles. The molecule has 0 spiro atoms. The molecule has 0 bridgehead atoms. The van der Waals surface area contributed by atoms with Gasteiger partial charge in [0.25, 0.3) is 5.78 Å². The summed E-state index contributed by atoms with van der Waals surface area (Å²) in [7, 11) is 0. The van der Waals surface area contributed by atoms with Crippen LogP contribution in [0.2, 0.25) is 0 Å². The van der Waals surface area contributed by atoms with Gasteiger partial charge in [0.05, 0.1) is 0 Å². The summed E-state index contributed by atoms with van der Waals surface area (Å²) in [5, 5.41) is 7.96. The first-order valence-corrected chi connectivity index (χ1v) is 3.53. The number of fused-ring (bicyclic) bond motifs is 1. The standard InChI is InChI=1S/C6H6N4S.Na/c1-4-2-3-7-5-8-9-6(11)10(4)5;/h2-3H,1H3,(H,9,11);/q;+1/p-1.